The number of amides is 3. The number of hydrogen-bond acceptors (Lipinski definition) is 3. The van der Waals surface area contributed by atoms with Gasteiger partial charge in [0.2, 0.25) is 5.91 Å². The van der Waals surface area contributed by atoms with E-state index >= 15 is 0 Å². The normalized spacial score (nSPS) is 18.4. The largest absolute Gasteiger partial charge is 0.481 e. The van der Waals surface area contributed by atoms with Gasteiger partial charge >= 0.3 is 12.0 Å². The second kappa shape index (κ2) is 6.78. The summed E-state index contributed by atoms with van der Waals surface area (Å²) in [4.78, 5) is 34.6. The number of aliphatic carboxylic acids is 1. The molecule has 0 bridgehead atoms. The van der Waals surface area contributed by atoms with E-state index in [-0.39, 0.29) is 6.54 Å². The van der Waals surface area contributed by atoms with Crippen molar-refractivity contribution in [2.24, 2.45) is 11.1 Å². The molecule has 7 heteroatoms. The summed E-state index contributed by atoms with van der Waals surface area (Å²) in [5, 5.41) is 14.5. The maximum atomic E-state index is 11.8. The van der Waals surface area contributed by atoms with Crippen LogP contribution in [0.15, 0.2) is 0 Å². The van der Waals surface area contributed by atoms with Crippen molar-refractivity contribution >= 4 is 17.9 Å². The summed E-state index contributed by atoms with van der Waals surface area (Å²) in [6.45, 7) is 3.05. The van der Waals surface area contributed by atoms with Crippen LogP contribution in [-0.2, 0) is 9.59 Å². The highest BCUT2D eigenvalue weighted by molar-refractivity contribution is 5.89. The number of carbonyl (C=O) groups excluding carboxylic acids is 2. The van der Waals surface area contributed by atoms with Crippen LogP contribution in [0.1, 0.15) is 52.4 Å². The highest BCUT2D eigenvalue weighted by atomic mass is 16.4. The molecular weight excluding hydrogens is 274 g/mol. The third kappa shape index (κ3) is 4.61. The molecule has 0 atom stereocenters. The molecule has 0 saturated heterocycles. The first kappa shape index (κ1) is 17.3. The van der Waals surface area contributed by atoms with Crippen molar-refractivity contribution < 1.29 is 19.5 Å². The highest BCUT2D eigenvalue weighted by Gasteiger charge is 2.39. The van der Waals surface area contributed by atoms with Gasteiger partial charge in [0.05, 0.1) is 5.41 Å². The Kier molecular flexibility index (Phi) is 5.57. The fraction of sp³-hybridized carbons (Fsp3) is 0.786. The van der Waals surface area contributed by atoms with Gasteiger partial charge in [-0.25, -0.2) is 4.79 Å². The van der Waals surface area contributed by atoms with Crippen LogP contribution >= 0.6 is 0 Å². The van der Waals surface area contributed by atoms with Crippen LogP contribution in [-0.4, -0.2) is 35.1 Å². The van der Waals surface area contributed by atoms with E-state index in [0.717, 1.165) is 25.7 Å². The van der Waals surface area contributed by atoms with Gasteiger partial charge in [0, 0.05) is 6.54 Å². The summed E-state index contributed by atoms with van der Waals surface area (Å²) in [6, 6.07) is -0.580. The predicted octanol–water partition coefficient (Wildman–Crippen LogP) is 0.975. The highest BCUT2D eigenvalue weighted by Crippen LogP contribution is 2.34. The molecule has 21 heavy (non-hydrogen) atoms. The number of nitrogens with one attached hydrogen (secondary N) is 2. The minimum Gasteiger partial charge on any atom is -0.481 e. The summed E-state index contributed by atoms with van der Waals surface area (Å²) in [7, 11) is 0. The minimum atomic E-state index is -1.18. The van der Waals surface area contributed by atoms with Crippen molar-refractivity contribution in [1.29, 1.82) is 0 Å². The van der Waals surface area contributed by atoms with Crippen molar-refractivity contribution in [2.75, 3.05) is 6.54 Å². The zero-order valence-electron chi connectivity index (χ0n) is 12.7. The van der Waals surface area contributed by atoms with Crippen LogP contribution in [0.4, 0.5) is 4.79 Å². The second-order valence-electron chi connectivity index (χ2n) is 6.30. The van der Waals surface area contributed by atoms with E-state index in [9.17, 15) is 19.5 Å². The van der Waals surface area contributed by atoms with Gasteiger partial charge in [0.15, 0.2) is 0 Å². The van der Waals surface area contributed by atoms with E-state index in [4.69, 9.17) is 5.73 Å². The molecular formula is C14H25N3O4. The number of urea groups is 1. The van der Waals surface area contributed by atoms with E-state index < -0.39 is 28.9 Å². The second-order valence-corrected chi connectivity index (χ2v) is 6.30. The summed E-state index contributed by atoms with van der Waals surface area (Å²) in [6.07, 6.45) is 4.86. The molecule has 5 N–H and O–H groups in total. The topological polar surface area (TPSA) is 122 Å². The predicted molar refractivity (Wildman–Crippen MR) is 77.6 cm³/mol. The first-order valence-corrected chi connectivity index (χ1v) is 7.29. The van der Waals surface area contributed by atoms with E-state index in [1.54, 1.807) is 0 Å². The summed E-state index contributed by atoms with van der Waals surface area (Å²) < 4.78 is 0. The van der Waals surface area contributed by atoms with Gasteiger partial charge in [-0.3, -0.25) is 9.59 Å². The Balaban J connectivity index is 2.63. The number of hydrogen-bond donors (Lipinski definition) is 4. The van der Waals surface area contributed by atoms with Gasteiger partial charge in [-0.05, 0) is 26.7 Å². The Morgan fingerprint density at radius 3 is 2.10 bits per heavy atom. The number of nitrogens with two attached hydrogens (primary N) is 1. The van der Waals surface area contributed by atoms with Crippen molar-refractivity contribution in [2.45, 2.75) is 57.9 Å². The number of carboxylic acids is 1. The van der Waals surface area contributed by atoms with E-state index in [1.165, 1.54) is 13.8 Å². The molecule has 0 aromatic carbocycles. The molecule has 1 fully saturated rings. The molecule has 0 aliphatic heterocycles. The van der Waals surface area contributed by atoms with Gasteiger partial charge < -0.3 is 21.5 Å². The molecule has 1 saturated carbocycles. The Labute approximate surface area is 124 Å². The average molecular weight is 299 g/mol. The molecule has 0 aromatic rings. The minimum absolute atomic E-state index is 0.0585. The molecule has 0 aromatic heterocycles. The fourth-order valence-corrected chi connectivity index (χ4v) is 2.51. The monoisotopic (exact) mass is 299 g/mol. The van der Waals surface area contributed by atoms with Crippen LogP contribution in [0.3, 0.4) is 0 Å². The molecule has 0 heterocycles. The maximum absolute atomic E-state index is 11.8. The lowest BCUT2D eigenvalue weighted by Crippen LogP contribution is -2.57. The third-order valence-corrected chi connectivity index (χ3v) is 4.14. The smallest absolute Gasteiger partial charge is 0.315 e. The van der Waals surface area contributed by atoms with Crippen LogP contribution in [0, 0.1) is 5.41 Å². The Morgan fingerprint density at radius 1 is 1.14 bits per heavy atom. The maximum Gasteiger partial charge on any atom is 0.315 e. The number of carboxylic acid groups (broad SMARTS) is 1. The molecule has 0 spiro atoms. The Morgan fingerprint density at radius 2 is 1.67 bits per heavy atom. The first-order chi connectivity index (χ1) is 9.69. The zero-order valence-corrected chi connectivity index (χ0v) is 12.7. The van der Waals surface area contributed by atoms with Crippen molar-refractivity contribution in [1.82, 2.24) is 10.6 Å². The molecule has 1 rings (SSSR count). The van der Waals surface area contributed by atoms with Gasteiger partial charge in [-0.1, -0.05) is 25.7 Å². The average Bonchev–Trinajstić information content (AvgIpc) is 2.62. The fourth-order valence-electron chi connectivity index (χ4n) is 2.51. The summed E-state index contributed by atoms with van der Waals surface area (Å²) >= 11 is 0. The molecule has 1 aliphatic rings. The lowest BCUT2D eigenvalue weighted by atomic mass is 9.80. The van der Waals surface area contributed by atoms with Crippen molar-refractivity contribution in [3.05, 3.63) is 0 Å². The van der Waals surface area contributed by atoms with Crippen LogP contribution < -0.4 is 16.4 Å². The molecule has 1 aliphatic carbocycles. The summed E-state index contributed by atoms with van der Waals surface area (Å²) in [5.41, 5.74) is 3.09. The molecule has 0 unspecified atom stereocenters. The van der Waals surface area contributed by atoms with Gasteiger partial charge in [-0.2, -0.15) is 0 Å². The van der Waals surface area contributed by atoms with E-state index in [1.807, 2.05) is 0 Å². The first-order valence-electron chi connectivity index (χ1n) is 7.29. The molecule has 3 amide bonds. The number of rotatable bonds is 5. The Bertz CT molecular complexity index is 412. The van der Waals surface area contributed by atoms with Gasteiger partial charge in [0.1, 0.15) is 5.54 Å². The van der Waals surface area contributed by atoms with Crippen LogP contribution in [0.25, 0.3) is 0 Å². The molecule has 7 nitrogen and oxygen atoms in total. The van der Waals surface area contributed by atoms with Crippen LogP contribution in [0.2, 0.25) is 0 Å². The quantitative estimate of drug-likeness (QED) is 0.565. The van der Waals surface area contributed by atoms with Crippen molar-refractivity contribution in [3.63, 3.8) is 0 Å². The lowest BCUT2D eigenvalue weighted by molar-refractivity contribution is -0.149. The molecule has 0 radical (unpaired) electrons. The van der Waals surface area contributed by atoms with Gasteiger partial charge in [0.25, 0.3) is 0 Å². The standard InChI is InChI=1S/C14H25N3O4/c1-13(2,10(15)18)17-12(21)16-9-14(11(19)20)7-5-3-4-6-8-14/h3-9H2,1-2H3,(H2,15,18)(H,19,20)(H2,16,17,21). The number of carbonyl (C=O) groups is 3. The van der Waals surface area contributed by atoms with Crippen LogP contribution in [0.5, 0.6) is 0 Å². The van der Waals surface area contributed by atoms with E-state index in [0.29, 0.717) is 12.8 Å². The SMILES string of the molecule is CC(C)(NC(=O)NCC1(C(=O)O)CCCCCC1)C(N)=O. The zero-order chi connectivity index (χ0) is 16.1. The Hall–Kier alpha value is -1.79. The van der Waals surface area contributed by atoms with Gasteiger partial charge in [-0.15, -0.1) is 0 Å². The molecule has 120 valence electrons. The lowest BCUT2D eigenvalue weighted by Gasteiger charge is -2.29. The third-order valence-electron chi connectivity index (χ3n) is 4.14. The number of primary amides is 1. The van der Waals surface area contributed by atoms with Crippen molar-refractivity contribution in [3.8, 4) is 0 Å². The summed E-state index contributed by atoms with van der Waals surface area (Å²) in [5.74, 6) is -1.53. The van der Waals surface area contributed by atoms with E-state index in [2.05, 4.69) is 10.6 Å².